The molecule has 0 N–H and O–H groups in total. The van der Waals surface area contributed by atoms with Crippen LogP contribution in [0.1, 0.15) is 57.3 Å². The zero-order valence-corrected chi connectivity index (χ0v) is 33.9. The summed E-state index contributed by atoms with van der Waals surface area (Å²) in [5, 5.41) is 0. The highest BCUT2D eigenvalue weighted by molar-refractivity contribution is 5.84. The number of methoxy groups -OCH3 is 2. The molecule has 6 nitrogen and oxygen atoms in total. The molecule has 0 aliphatic heterocycles. The van der Waals surface area contributed by atoms with Crippen LogP contribution >= 0.6 is 0 Å². The van der Waals surface area contributed by atoms with Gasteiger partial charge >= 0.3 is 11.9 Å². The first-order valence-corrected chi connectivity index (χ1v) is 19.2. The molecule has 0 saturated heterocycles. The third-order valence-electron chi connectivity index (χ3n) is 10.8. The summed E-state index contributed by atoms with van der Waals surface area (Å²) in [5.74, 6) is -0.438. The molecule has 56 heavy (non-hydrogen) atoms. The molecule has 0 unspecified atom stereocenters. The second kappa shape index (κ2) is 17.5. The Morgan fingerprint density at radius 3 is 1.11 bits per heavy atom. The predicted octanol–water partition coefficient (Wildman–Crippen LogP) is 12.4. The molecule has 0 bridgehead atoms. The quantitative estimate of drug-likeness (QED) is 0.110. The van der Waals surface area contributed by atoms with Gasteiger partial charge in [-0.25, -0.2) is 0 Å². The highest BCUT2D eigenvalue weighted by Gasteiger charge is 2.19. The van der Waals surface area contributed by atoms with Gasteiger partial charge in [0.05, 0.1) is 14.2 Å². The van der Waals surface area contributed by atoms with E-state index in [0.29, 0.717) is 25.7 Å². The molecule has 6 heteroatoms. The fourth-order valence-corrected chi connectivity index (χ4v) is 7.08. The second-order valence-electron chi connectivity index (χ2n) is 14.7. The lowest BCUT2D eigenvalue weighted by Gasteiger charge is -2.29. The molecule has 0 amide bonds. The van der Waals surface area contributed by atoms with Crippen molar-refractivity contribution >= 4 is 46.1 Å². The van der Waals surface area contributed by atoms with Gasteiger partial charge in [-0.05, 0) is 183 Å². The molecule has 0 radical (unpaired) electrons. The Morgan fingerprint density at radius 2 is 0.768 bits per heavy atom. The van der Waals surface area contributed by atoms with Gasteiger partial charge in [0.2, 0.25) is 0 Å². The average molecular weight is 745 g/mol. The van der Waals surface area contributed by atoms with E-state index in [2.05, 4.69) is 173 Å². The zero-order valence-electron chi connectivity index (χ0n) is 33.9. The highest BCUT2D eigenvalue weighted by Crippen LogP contribution is 2.41. The molecule has 0 saturated carbocycles. The van der Waals surface area contributed by atoms with E-state index in [9.17, 15) is 9.59 Å². The van der Waals surface area contributed by atoms with Crippen molar-refractivity contribution in [1.29, 1.82) is 0 Å². The summed E-state index contributed by atoms with van der Waals surface area (Å²) >= 11 is 0. The van der Waals surface area contributed by atoms with Gasteiger partial charge in [-0.3, -0.25) is 9.59 Å². The fraction of sp³-hybridized carbons (Fsp3) is 0.240. The largest absolute Gasteiger partial charge is 0.469 e. The normalized spacial score (nSPS) is 10.9. The van der Waals surface area contributed by atoms with Gasteiger partial charge in [0.15, 0.2) is 0 Å². The Morgan fingerprint density at radius 1 is 0.411 bits per heavy atom. The van der Waals surface area contributed by atoms with Gasteiger partial charge in [0.25, 0.3) is 0 Å². The molecule has 0 aliphatic carbocycles. The number of ether oxygens (including phenoxy) is 2. The van der Waals surface area contributed by atoms with Crippen molar-refractivity contribution in [2.45, 2.75) is 67.2 Å². The standard InChI is InChI=1S/C50H52N2O4/c1-33-9-19-45(31-35(33)3)52(46-20-10-34(2)36(4)32-46)48-26-18-42(30-38(48)6)41-17-25-47(37(5)29-41)51(43-21-11-39(12-22-43)15-27-49(53)55-7)44-23-13-40(14-24-44)16-28-50(54)56-8/h9-14,17-26,29-32H,15-16,27-28H2,1-8H3. The minimum absolute atomic E-state index is 0.219. The monoisotopic (exact) mass is 744 g/mol. The van der Waals surface area contributed by atoms with Crippen LogP contribution in [-0.4, -0.2) is 26.2 Å². The lowest BCUT2D eigenvalue weighted by Crippen LogP contribution is -2.12. The van der Waals surface area contributed by atoms with Crippen molar-refractivity contribution in [3.8, 4) is 11.1 Å². The van der Waals surface area contributed by atoms with Crippen LogP contribution in [0.15, 0.2) is 121 Å². The van der Waals surface area contributed by atoms with Gasteiger partial charge in [-0.2, -0.15) is 0 Å². The Bertz CT molecular complexity index is 2230. The van der Waals surface area contributed by atoms with Gasteiger partial charge < -0.3 is 19.3 Å². The predicted molar refractivity (Wildman–Crippen MR) is 230 cm³/mol. The van der Waals surface area contributed by atoms with E-state index < -0.39 is 0 Å². The Hall–Kier alpha value is -6.14. The summed E-state index contributed by atoms with van der Waals surface area (Å²) in [6, 6.07) is 43.5. The number of rotatable bonds is 13. The zero-order chi connectivity index (χ0) is 39.9. The molecule has 0 aliphatic rings. The van der Waals surface area contributed by atoms with Crippen LogP contribution < -0.4 is 9.80 Å². The smallest absolute Gasteiger partial charge is 0.305 e. The van der Waals surface area contributed by atoms with Crippen molar-refractivity contribution < 1.29 is 19.1 Å². The maximum atomic E-state index is 11.8. The van der Waals surface area contributed by atoms with Crippen LogP contribution in [0.3, 0.4) is 0 Å². The van der Waals surface area contributed by atoms with Gasteiger partial charge in [-0.1, -0.05) is 48.5 Å². The van der Waals surface area contributed by atoms with Crippen LogP contribution in [-0.2, 0) is 31.9 Å². The van der Waals surface area contributed by atoms with Crippen LogP contribution in [0, 0.1) is 41.5 Å². The van der Waals surface area contributed by atoms with E-state index in [1.54, 1.807) is 0 Å². The number of aryl methyl sites for hydroxylation is 8. The Kier molecular flexibility index (Phi) is 12.4. The van der Waals surface area contributed by atoms with Crippen molar-refractivity contribution in [3.05, 3.63) is 166 Å². The van der Waals surface area contributed by atoms with E-state index >= 15 is 0 Å². The van der Waals surface area contributed by atoms with Crippen molar-refractivity contribution in [3.63, 3.8) is 0 Å². The molecule has 286 valence electrons. The summed E-state index contributed by atoms with van der Waals surface area (Å²) in [4.78, 5) is 28.2. The van der Waals surface area contributed by atoms with Crippen LogP contribution in [0.25, 0.3) is 11.1 Å². The average Bonchev–Trinajstić information content (AvgIpc) is 3.20. The Balaban J connectivity index is 1.35. The molecule has 6 aromatic carbocycles. The summed E-state index contributed by atoms with van der Waals surface area (Å²) in [5.41, 5.74) is 18.3. The second-order valence-corrected chi connectivity index (χ2v) is 14.7. The number of benzene rings is 6. The maximum absolute atomic E-state index is 11.8. The molecule has 0 aromatic heterocycles. The summed E-state index contributed by atoms with van der Waals surface area (Å²) in [7, 11) is 2.84. The lowest BCUT2D eigenvalue weighted by atomic mass is 9.98. The number of hydrogen-bond acceptors (Lipinski definition) is 6. The van der Waals surface area contributed by atoms with E-state index in [1.807, 2.05) is 0 Å². The molecule has 6 rings (SSSR count). The molecule has 0 heterocycles. The molecular weight excluding hydrogens is 693 g/mol. The minimum Gasteiger partial charge on any atom is -0.469 e. The molecule has 0 atom stereocenters. The first-order chi connectivity index (χ1) is 26.9. The lowest BCUT2D eigenvalue weighted by molar-refractivity contribution is -0.141. The third kappa shape index (κ3) is 9.03. The SMILES string of the molecule is COC(=O)CCc1ccc(N(c2ccc(CCC(=O)OC)cc2)c2ccc(-c3ccc(N(c4ccc(C)c(C)c4)c4ccc(C)c(C)c4)c(C)c3)cc2C)cc1. The third-order valence-corrected chi connectivity index (χ3v) is 10.8. The first kappa shape index (κ1) is 39.6. The highest BCUT2D eigenvalue weighted by atomic mass is 16.5. The number of esters is 2. The maximum Gasteiger partial charge on any atom is 0.305 e. The van der Waals surface area contributed by atoms with Gasteiger partial charge in [-0.15, -0.1) is 0 Å². The number of nitrogens with zero attached hydrogens (tertiary/aromatic N) is 2. The number of hydrogen-bond donors (Lipinski definition) is 0. The summed E-state index contributed by atoms with van der Waals surface area (Å²) in [6.45, 7) is 13.0. The molecule has 0 spiro atoms. The van der Waals surface area contributed by atoms with E-state index in [1.165, 1.54) is 42.0 Å². The minimum atomic E-state index is -0.219. The molecule has 6 aromatic rings. The number of carbonyl (C=O) groups is 2. The van der Waals surface area contributed by atoms with Crippen LogP contribution in [0.4, 0.5) is 34.1 Å². The van der Waals surface area contributed by atoms with Crippen molar-refractivity contribution in [1.82, 2.24) is 0 Å². The molecular formula is C50H52N2O4. The van der Waals surface area contributed by atoms with Gasteiger partial charge in [0, 0.05) is 47.0 Å². The topological polar surface area (TPSA) is 59.1 Å². The van der Waals surface area contributed by atoms with E-state index in [0.717, 1.165) is 61.9 Å². The van der Waals surface area contributed by atoms with Crippen LogP contribution in [0.5, 0.6) is 0 Å². The van der Waals surface area contributed by atoms with Crippen molar-refractivity contribution in [2.75, 3.05) is 24.0 Å². The van der Waals surface area contributed by atoms with Crippen LogP contribution in [0.2, 0.25) is 0 Å². The number of carbonyl (C=O) groups excluding carboxylic acids is 2. The van der Waals surface area contributed by atoms with E-state index in [-0.39, 0.29) is 11.9 Å². The summed E-state index contributed by atoms with van der Waals surface area (Å²) in [6.07, 6.45) is 1.90. The fourth-order valence-electron chi connectivity index (χ4n) is 7.08. The first-order valence-electron chi connectivity index (χ1n) is 19.2. The van der Waals surface area contributed by atoms with Gasteiger partial charge in [0.1, 0.15) is 0 Å². The van der Waals surface area contributed by atoms with E-state index in [4.69, 9.17) is 9.47 Å². The number of anilines is 6. The Labute approximate surface area is 332 Å². The van der Waals surface area contributed by atoms with Crippen molar-refractivity contribution in [2.24, 2.45) is 0 Å². The summed E-state index contributed by atoms with van der Waals surface area (Å²) < 4.78 is 9.70. The molecule has 0 fully saturated rings.